The van der Waals surface area contributed by atoms with Gasteiger partial charge in [0.15, 0.2) is 0 Å². The molecule has 1 saturated heterocycles. The average molecular weight is 420 g/mol. The maximum atomic E-state index is 12.5. The number of carbonyl (C=O) groups is 1. The van der Waals surface area contributed by atoms with Crippen LogP contribution in [0, 0.1) is 6.92 Å². The minimum atomic E-state index is 0. The SMILES string of the molecule is Cc1nc(CSc2ccc(C(=O)N3CCNC(C)C3)cc2)cs1.Cl.Cl. The number of piperazine rings is 1. The maximum absolute atomic E-state index is 12.5. The van der Waals surface area contributed by atoms with Crippen molar-refractivity contribution in [3.8, 4) is 0 Å². The molecule has 1 aromatic carbocycles. The molecule has 8 heteroatoms. The average Bonchev–Trinajstić information content (AvgIpc) is 2.98. The van der Waals surface area contributed by atoms with Gasteiger partial charge in [0.2, 0.25) is 0 Å². The molecule has 0 saturated carbocycles. The van der Waals surface area contributed by atoms with Crippen molar-refractivity contribution < 1.29 is 4.79 Å². The van der Waals surface area contributed by atoms with Crippen molar-refractivity contribution in [2.75, 3.05) is 19.6 Å². The van der Waals surface area contributed by atoms with E-state index in [1.54, 1.807) is 23.1 Å². The van der Waals surface area contributed by atoms with Crippen LogP contribution in [0.1, 0.15) is 28.0 Å². The molecule has 1 fully saturated rings. The molecule has 25 heavy (non-hydrogen) atoms. The number of thioether (sulfide) groups is 1. The fourth-order valence-electron chi connectivity index (χ4n) is 2.62. The number of aromatic nitrogens is 1. The third kappa shape index (κ3) is 6.15. The number of hydrogen-bond acceptors (Lipinski definition) is 5. The quantitative estimate of drug-likeness (QED) is 0.759. The largest absolute Gasteiger partial charge is 0.336 e. The van der Waals surface area contributed by atoms with Gasteiger partial charge in [-0.05, 0) is 38.1 Å². The summed E-state index contributed by atoms with van der Waals surface area (Å²) in [5.74, 6) is 0.998. The lowest BCUT2D eigenvalue weighted by Gasteiger charge is -2.32. The van der Waals surface area contributed by atoms with Crippen LogP contribution in [0.4, 0.5) is 0 Å². The maximum Gasteiger partial charge on any atom is 0.253 e. The second-order valence-corrected chi connectivity index (χ2v) is 7.89. The molecule has 1 unspecified atom stereocenters. The number of thiazole rings is 1. The van der Waals surface area contributed by atoms with Crippen LogP contribution in [0.3, 0.4) is 0 Å². The van der Waals surface area contributed by atoms with Crippen molar-refractivity contribution in [2.45, 2.75) is 30.5 Å². The first-order valence-electron chi connectivity index (χ1n) is 7.78. The molecule has 3 rings (SSSR count). The number of aryl methyl sites for hydroxylation is 1. The van der Waals surface area contributed by atoms with Gasteiger partial charge in [-0.25, -0.2) is 4.98 Å². The van der Waals surface area contributed by atoms with E-state index >= 15 is 0 Å². The zero-order valence-corrected chi connectivity index (χ0v) is 17.5. The molecule has 1 N–H and O–H groups in total. The molecule has 0 bridgehead atoms. The first kappa shape index (κ1) is 22.3. The van der Waals surface area contributed by atoms with Crippen LogP contribution >= 0.6 is 47.9 Å². The molecule has 138 valence electrons. The van der Waals surface area contributed by atoms with Gasteiger partial charge in [0.25, 0.3) is 5.91 Å². The summed E-state index contributed by atoms with van der Waals surface area (Å²) in [6.07, 6.45) is 0. The normalized spacial score (nSPS) is 16.7. The predicted octanol–water partition coefficient (Wildman–Crippen LogP) is 4.02. The van der Waals surface area contributed by atoms with Gasteiger partial charge < -0.3 is 10.2 Å². The zero-order valence-electron chi connectivity index (χ0n) is 14.2. The van der Waals surface area contributed by atoms with Gasteiger partial charge in [-0.2, -0.15) is 0 Å². The summed E-state index contributed by atoms with van der Waals surface area (Å²) >= 11 is 3.43. The lowest BCUT2D eigenvalue weighted by molar-refractivity contribution is 0.0709. The highest BCUT2D eigenvalue weighted by Gasteiger charge is 2.21. The highest BCUT2D eigenvalue weighted by molar-refractivity contribution is 7.98. The lowest BCUT2D eigenvalue weighted by Crippen LogP contribution is -2.51. The van der Waals surface area contributed by atoms with Crippen molar-refractivity contribution in [3.05, 3.63) is 45.9 Å². The molecule has 1 amide bonds. The summed E-state index contributed by atoms with van der Waals surface area (Å²) in [6, 6.07) is 8.29. The van der Waals surface area contributed by atoms with Gasteiger partial charge in [0, 0.05) is 47.3 Å². The van der Waals surface area contributed by atoms with E-state index in [2.05, 4.69) is 22.6 Å². The predicted molar refractivity (Wildman–Crippen MR) is 111 cm³/mol. The summed E-state index contributed by atoms with van der Waals surface area (Å²) in [4.78, 5) is 20.1. The van der Waals surface area contributed by atoms with E-state index < -0.39 is 0 Å². The Morgan fingerprint density at radius 1 is 1.36 bits per heavy atom. The third-order valence-electron chi connectivity index (χ3n) is 3.81. The number of halogens is 2. The molecule has 4 nitrogen and oxygen atoms in total. The summed E-state index contributed by atoms with van der Waals surface area (Å²) < 4.78 is 0. The number of amides is 1. The molecule has 0 spiro atoms. The molecule has 2 heterocycles. The topological polar surface area (TPSA) is 45.2 Å². The number of rotatable bonds is 4. The smallest absolute Gasteiger partial charge is 0.253 e. The zero-order chi connectivity index (χ0) is 16.2. The first-order chi connectivity index (χ1) is 11.1. The molecular formula is C17H23Cl2N3OS2. The second kappa shape index (κ2) is 10.4. The van der Waals surface area contributed by atoms with Crippen LogP contribution in [0.15, 0.2) is 34.5 Å². The van der Waals surface area contributed by atoms with Crippen LogP contribution in [-0.4, -0.2) is 41.5 Å². The minimum Gasteiger partial charge on any atom is -0.336 e. The van der Waals surface area contributed by atoms with E-state index in [0.29, 0.717) is 6.04 Å². The molecule has 0 radical (unpaired) electrons. The van der Waals surface area contributed by atoms with Gasteiger partial charge in [-0.3, -0.25) is 4.79 Å². The van der Waals surface area contributed by atoms with Crippen molar-refractivity contribution in [3.63, 3.8) is 0 Å². The number of benzene rings is 1. The molecule has 1 aliphatic rings. The van der Waals surface area contributed by atoms with E-state index in [0.717, 1.165) is 41.7 Å². The van der Waals surface area contributed by atoms with E-state index in [1.165, 1.54) is 4.90 Å². The molecule has 2 aromatic rings. The molecule has 0 aliphatic carbocycles. The molecule has 1 aliphatic heterocycles. The molecular weight excluding hydrogens is 397 g/mol. The van der Waals surface area contributed by atoms with Crippen molar-refractivity contribution in [1.29, 1.82) is 0 Å². The van der Waals surface area contributed by atoms with E-state index in [9.17, 15) is 4.79 Å². The van der Waals surface area contributed by atoms with Gasteiger partial charge >= 0.3 is 0 Å². The Balaban J connectivity index is 0.00000156. The van der Waals surface area contributed by atoms with Crippen LogP contribution in [0.5, 0.6) is 0 Å². The van der Waals surface area contributed by atoms with Crippen LogP contribution in [0.25, 0.3) is 0 Å². The van der Waals surface area contributed by atoms with Gasteiger partial charge in [-0.1, -0.05) is 0 Å². The van der Waals surface area contributed by atoms with Crippen LogP contribution in [0.2, 0.25) is 0 Å². The van der Waals surface area contributed by atoms with Gasteiger partial charge in [0.1, 0.15) is 0 Å². The minimum absolute atomic E-state index is 0. The molecule has 1 atom stereocenters. The first-order valence-corrected chi connectivity index (χ1v) is 9.65. The summed E-state index contributed by atoms with van der Waals surface area (Å²) in [6.45, 7) is 6.56. The Morgan fingerprint density at radius 2 is 2.08 bits per heavy atom. The van der Waals surface area contributed by atoms with Crippen molar-refractivity contribution >= 4 is 53.8 Å². The second-order valence-electron chi connectivity index (χ2n) is 5.78. The summed E-state index contributed by atoms with van der Waals surface area (Å²) in [5, 5.41) is 6.57. The highest BCUT2D eigenvalue weighted by atomic mass is 35.5. The third-order valence-corrected chi connectivity index (χ3v) is 5.68. The number of hydrogen-bond donors (Lipinski definition) is 1. The van der Waals surface area contributed by atoms with E-state index in [4.69, 9.17) is 0 Å². The van der Waals surface area contributed by atoms with Crippen LogP contribution in [-0.2, 0) is 5.75 Å². The highest BCUT2D eigenvalue weighted by Crippen LogP contribution is 2.24. The molecule has 1 aromatic heterocycles. The Bertz CT molecular complexity index is 679. The van der Waals surface area contributed by atoms with E-state index in [1.807, 2.05) is 36.1 Å². The van der Waals surface area contributed by atoms with E-state index in [-0.39, 0.29) is 30.7 Å². The van der Waals surface area contributed by atoms with Gasteiger partial charge in [0.05, 0.1) is 10.7 Å². The standard InChI is InChI=1S/C17H21N3OS2.2ClH/c1-12-9-20(8-7-18-12)17(21)14-3-5-16(6-4-14)23-11-15-10-22-13(2)19-15;;/h3-6,10,12,18H,7-9,11H2,1-2H3;2*1H. The Hall–Kier alpha value is -0.790. The Morgan fingerprint density at radius 3 is 2.68 bits per heavy atom. The van der Waals surface area contributed by atoms with Crippen molar-refractivity contribution in [2.24, 2.45) is 0 Å². The lowest BCUT2D eigenvalue weighted by atomic mass is 10.1. The Kier molecular flexibility index (Phi) is 9.24. The number of nitrogens with one attached hydrogen (secondary N) is 1. The van der Waals surface area contributed by atoms with Crippen LogP contribution < -0.4 is 5.32 Å². The summed E-state index contributed by atoms with van der Waals surface area (Å²) in [5.41, 5.74) is 1.89. The Labute approximate surface area is 169 Å². The van der Waals surface area contributed by atoms with Gasteiger partial charge in [-0.15, -0.1) is 47.9 Å². The fraction of sp³-hybridized carbons (Fsp3) is 0.412. The number of nitrogens with zero attached hydrogens (tertiary/aromatic N) is 2. The summed E-state index contributed by atoms with van der Waals surface area (Å²) in [7, 11) is 0. The monoisotopic (exact) mass is 419 g/mol. The fourth-order valence-corrected chi connectivity index (χ4v) is 4.13. The number of carbonyl (C=O) groups excluding carboxylic acids is 1. The van der Waals surface area contributed by atoms with Crippen molar-refractivity contribution in [1.82, 2.24) is 15.2 Å².